The van der Waals surface area contributed by atoms with Crippen LogP contribution in [-0.2, 0) is 5.41 Å². The van der Waals surface area contributed by atoms with Gasteiger partial charge in [-0.25, -0.2) is 19.9 Å². The van der Waals surface area contributed by atoms with E-state index in [-0.39, 0.29) is 17.5 Å². The van der Waals surface area contributed by atoms with Gasteiger partial charge in [-0.1, -0.05) is 35.8 Å². The number of aromatic nitrogens is 6. The second kappa shape index (κ2) is 7.59. The molecule has 3 aromatic heterocycles. The molecule has 1 saturated carbocycles. The zero-order chi connectivity index (χ0) is 22.4. The maximum Gasteiger partial charge on any atom is 0.278 e. The molecule has 10 heteroatoms. The molecule has 4 aromatic rings. The largest absolute Gasteiger partial charge is 0.389 e. The average Bonchev–Trinajstić information content (AvgIpc) is 3.28. The third-order valence-electron chi connectivity index (χ3n) is 6.55. The number of aliphatic hydroxyl groups excluding tert-OH is 1. The molecule has 33 heavy (non-hydrogen) atoms. The lowest BCUT2D eigenvalue weighted by Crippen LogP contribution is -2.51. The fourth-order valence-corrected chi connectivity index (χ4v) is 4.40. The van der Waals surface area contributed by atoms with Gasteiger partial charge in [0.15, 0.2) is 5.82 Å². The number of nitrogen functional groups attached to an aromatic ring is 1. The molecule has 3 N–H and O–H groups in total. The van der Waals surface area contributed by atoms with Crippen molar-refractivity contribution in [3.05, 3.63) is 60.4 Å². The quantitative estimate of drug-likeness (QED) is 0.473. The summed E-state index contributed by atoms with van der Waals surface area (Å²) in [5.41, 5.74) is 8.94. The average molecular weight is 442 g/mol. The highest BCUT2D eigenvalue weighted by Gasteiger charge is 2.44. The van der Waals surface area contributed by atoms with Gasteiger partial charge in [0.2, 0.25) is 5.95 Å². The number of anilines is 2. The van der Waals surface area contributed by atoms with Crippen LogP contribution in [0.15, 0.2) is 53.6 Å². The van der Waals surface area contributed by atoms with Crippen molar-refractivity contribution in [2.45, 2.75) is 30.8 Å². The van der Waals surface area contributed by atoms with Crippen molar-refractivity contribution in [1.82, 2.24) is 30.1 Å². The van der Waals surface area contributed by atoms with E-state index >= 15 is 0 Å². The van der Waals surface area contributed by atoms with Crippen molar-refractivity contribution in [2.75, 3.05) is 23.7 Å². The molecular weight excluding hydrogens is 420 g/mol. The van der Waals surface area contributed by atoms with E-state index in [1.54, 1.807) is 24.8 Å². The lowest BCUT2D eigenvalue weighted by atomic mass is 9.64. The summed E-state index contributed by atoms with van der Waals surface area (Å²) in [5.74, 6) is 2.01. The van der Waals surface area contributed by atoms with E-state index in [1.165, 1.54) is 0 Å². The first-order chi connectivity index (χ1) is 16.1. The number of nitrogens with two attached hydrogens (primary N) is 1. The van der Waals surface area contributed by atoms with E-state index in [4.69, 9.17) is 15.2 Å². The molecule has 4 heterocycles. The topological polar surface area (TPSA) is 140 Å². The highest BCUT2D eigenvalue weighted by Crippen LogP contribution is 2.48. The van der Waals surface area contributed by atoms with Gasteiger partial charge < -0.3 is 20.3 Å². The van der Waals surface area contributed by atoms with Gasteiger partial charge in [0, 0.05) is 31.0 Å². The normalized spacial score (nSPS) is 17.4. The molecule has 2 aliphatic rings. The van der Waals surface area contributed by atoms with Crippen LogP contribution >= 0.6 is 0 Å². The smallest absolute Gasteiger partial charge is 0.278 e. The van der Waals surface area contributed by atoms with Gasteiger partial charge in [0.05, 0.1) is 23.9 Å². The minimum atomic E-state index is -0.294. The van der Waals surface area contributed by atoms with Crippen molar-refractivity contribution in [3.63, 3.8) is 0 Å². The molecule has 10 nitrogen and oxygen atoms in total. The van der Waals surface area contributed by atoms with Crippen LogP contribution in [0.4, 0.5) is 11.8 Å². The Morgan fingerprint density at radius 1 is 0.939 bits per heavy atom. The Morgan fingerprint density at radius 3 is 2.30 bits per heavy atom. The molecule has 2 fully saturated rings. The van der Waals surface area contributed by atoms with Crippen LogP contribution in [0.5, 0.6) is 0 Å². The summed E-state index contributed by atoms with van der Waals surface area (Å²) >= 11 is 0. The summed E-state index contributed by atoms with van der Waals surface area (Å²) in [5, 5.41) is 13.8. The highest BCUT2D eigenvalue weighted by molar-refractivity contribution is 5.63. The molecule has 0 spiro atoms. The molecule has 0 radical (unpaired) electrons. The first-order valence-electron chi connectivity index (χ1n) is 10.9. The van der Waals surface area contributed by atoms with Crippen LogP contribution in [0.25, 0.3) is 22.7 Å². The Balaban J connectivity index is 1.25. The summed E-state index contributed by atoms with van der Waals surface area (Å²) in [6, 6.07) is 8.33. The van der Waals surface area contributed by atoms with Crippen molar-refractivity contribution < 1.29 is 9.63 Å². The van der Waals surface area contributed by atoms with Crippen molar-refractivity contribution >= 4 is 11.8 Å². The first-order valence-corrected chi connectivity index (χ1v) is 10.9. The number of hydrogen-bond acceptors (Lipinski definition) is 10. The van der Waals surface area contributed by atoms with Gasteiger partial charge in [0.25, 0.3) is 5.89 Å². The van der Waals surface area contributed by atoms with Crippen LogP contribution < -0.4 is 10.6 Å². The molecule has 0 bridgehead atoms. The van der Waals surface area contributed by atoms with Crippen LogP contribution in [0.1, 0.15) is 30.7 Å². The summed E-state index contributed by atoms with van der Waals surface area (Å²) in [6.07, 6.45) is 9.47. The lowest BCUT2D eigenvalue weighted by Gasteiger charge is -2.39. The first kappa shape index (κ1) is 19.7. The fraction of sp³-hybridized carbons (Fsp3) is 0.304. The van der Waals surface area contributed by atoms with Gasteiger partial charge >= 0.3 is 0 Å². The predicted octanol–water partition coefficient (Wildman–Crippen LogP) is 2.22. The van der Waals surface area contributed by atoms with E-state index in [0.29, 0.717) is 30.5 Å². The number of hydrogen-bond donors (Lipinski definition) is 2. The Bertz CT molecular complexity index is 1260. The van der Waals surface area contributed by atoms with Crippen LogP contribution in [0, 0.1) is 0 Å². The van der Waals surface area contributed by atoms with E-state index in [9.17, 15) is 5.11 Å². The summed E-state index contributed by atoms with van der Waals surface area (Å²) in [7, 11) is 0. The van der Waals surface area contributed by atoms with Gasteiger partial charge in [-0.3, -0.25) is 0 Å². The zero-order valence-electron chi connectivity index (χ0n) is 17.8. The molecule has 0 amide bonds. The SMILES string of the molecule is Nc1ncc(-c2ccc(C3(c4noc(-c5cnc(N6CC(O)C6)cn5)n4)CCC3)cc2)cn1. The number of nitrogens with zero attached hydrogens (tertiary/aromatic N) is 7. The van der Waals surface area contributed by atoms with Crippen molar-refractivity contribution in [2.24, 2.45) is 0 Å². The van der Waals surface area contributed by atoms with Gasteiger partial charge in [-0.2, -0.15) is 4.98 Å². The monoisotopic (exact) mass is 442 g/mol. The van der Waals surface area contributed by atoms with Crippen LogP contribution in [0.2, 0.25) is 0 Å². The van der Waals surface area contributed by atoms with Gasteiger partial charge in [0.1, 0.15) is 11.5 Å². The van der Waals surface area contributed by atoms with Gasteiger partial charge in [-0.05, 0) is 24.0 Å². The number of aliphatic hydroxyl groups is 1. The predicted molar refractivity (Wildman–Crippen MR) is 120 cm³/mol. The second-order valence-electron chi connectivity index (χ2n) is 8.58. The lowest BCUT2D eigenvalue weighted by molar-refractivity contribution is 0.141. The summed E-state index contributed by atoms with van der Waals surface area (Å²) in [4.78, 5) is 23.7. The van der Waals surface area contributed by atoms with E-state index in [0.717, 1.165) is 41.8 Å². The molecule has 1 saturated heterocycles. The van der Waals surface area contributed by atoms with Crippen LogP contribution in [0.3, 0.4) is 0 Å². The highest BCUT2D eigenvalue weighted by atomic mass is 16.5. The maximum atomic E-state index is 9.46. The Kier molecular flexibility index (Phi) is 4.54. The number of benzene rings is 1. The molecule has 6 rings (SSSR count). The number of β-amino-alcohol motifs (C(OH)–C–C–N with tert-alkyl or cyclic N) is 1. The molecular formula is C23H22N8O2. The molecule has 0 unspecified atom stereocenters. The molecule has 166 valence electrons. The third-order valence-corrected chi connectivity index (χ3v) is 6.55. The zero-order valence-corrected chi connectivity index (χ0v) is 17.8. The van der Waals surface area contributed by atoms with E-state index < -0.39 is 0 Å². The Morgan fingerprint density at radius 2 is 1.70 bits per heavy atom. The van der Waals surface area contributed by atoms with Gasteiger partial charge in [-0.15, -0.1) is 0 Å². The van der Waals surface area contributed by atoms with Crippen molar-refractivity contribution in [3.8, 4) is 22.7 Å². The maximum absolute atomic E-state index is 9.46. The summed E-state index contributed by atoms with van der Waals surface area (Å²) in [6.45, 7) is 1.15. The Labute approximate surface area is 189 Å². The molecule has 1 aliphatic heterocycles. The van der Waals surface area contributed by atoms with E-state index in [2.05, 4.69) is 49.4 Å². The molecule has 1 aromatic carbocycles. The second-order valence-corrected chi connectivity index (χ2v) is 8.58. The minimum absolute atomic E-state index is 0.260. The number of rotatable bonds is 5. The third kappa shape index (κ3) is 3.39. The van der Waals surface area contributed by atoms with Crippen LogP contribution in [-0.4, -0.2) is 54.4 Å². The Hall–Kier alpha value is -3.92. The van der Waals surface area contributed by atoms with E-state index in [1.807, 2.05) is 4.90 Å². The summed E-state index contributed by atoms with van der Waals surface area (Å²) < 4.78 is 5.57. The molecule has 0 atom stereocenters. The minimum Gasteiger partial charge on any atom is -0.389 e. The fourth-order valence-electron chi connectivity index (χ4n) is 4.40. The standard InChI is InChI=1S/C23H22N8O2/c24-22-27-8-15(9-28-22)14-2-4-16(5-3-14)23(6-1-7-23)21-29-20(33-30-21)18-10-26-19(11-25-18)31-12-17(32)13-31/h2-5,8-11,17,32H,1,6-7,12-13H2,(H2,24,27,28). The van der Waals surface area contributed by atoms with Crippen molar-refractivity contribution in [1.29, 1.82) is 0 Å². The molecule has 1 aliphatic carbocycles.